The minimum Gasteiger partial charge on any atom is -0.431 e. The van der Waals surface area contributed by atoms with Crippen LogP contribution >= 0.6 is 12.2 Å². The van der Waals surface area contributed by atoms with E-state index in [4.69, 9.17) is 12.2 Å². The molecule has 0 amide bonds. The Labute approximate surface area is 103 Å². The Bertz CT molecular complexity index is 560. The van der Waals surface area contributed by atoms with Gasteiger partial charge in [-0.25, -0.2) is 0 Å². The lowest BCUT2D eigenvalue weighted by Gasteiger charge is -2.11. The summed E-state index contributed by atoms with van der Waals surface area (Å²) in [6, 6.07) is 2.21. The maximum Gasteiger partial charge on any atom is 0.387 e. The topological polar surface area (TPSA) is 50.0 Å². The number of aromatic nitrogens is 2. The summed E-state index contributed by atoms with van der Waals surface area (Å²) >= 11 is 4.79. The summed E-state index contributed by atoms with van der Waals surface area (Å²) in [4.78, 5) is 5.29. The van der Waals surface area contributed by atoms with Crippen molar-refractivity contribution in [1.82, 2.24) is 9.97 Å². The van der Waals surface area contributed by atoms with Gasteiger partial charge in [0.25, 0.3) is 0 Å². The third-order valence-corrected chi connectivity index (χ3v) is 2.22. The molecule has 0 unspecified atom stereocenters. The van der Waals surface area contributed by atoms with Gasteiger partial charge in [0.05, 0.1) is 11.0 Å². The fraction of sp³-hybridized carbons (Fsp3) is 0.222. The summed E-state index contributed by atoms with van der Waals surface area (Å²) in [6.07, 6.45) is 0. The molecule has 9 heteroatoms. The molecule has 1 heterocycles. The van der Waals surface area contributed by atoms with Crippen LogP contribution in [0.15, 0.2) is 12.1 Å². The first-order chi connectivity index (χ1) is 8.45. The van der Waals surface area contributed by atoms with E-state index in [1.54, 1.807) is 0 Å². The molecule has 0 spiro atoms. The van der Waals surface area contributed by atoms with E-state index >= 15 is 0 Å². The largest absolute Gasteiger partial charge is 0.431 e. The predicted octanol–water partition coefficient (Wildman–Crippen LogP) is 3.43. The maximum atomic E-state index is 12.1. The van der Waals surface area contributed by atoms with Crippen molar-refractivity contribution >= 4 is 23.3 Å². The van der Waals surface area contributed by atoms with E-state index in [0.29, 0.717) is 11.0 Å². The smallest absolute Gasteiger partial charge is 0.387 e. The first-order valence-electron chi connectivity index (χ1n) is 4.61. The predicted molar refractivity (Wildman–Crippen MR) is 56.7 cm³/mol. The number of aromatic amines is 2. The molecular weight excluding hydrogens is 276 g/mol. The van der Waals surface area contributed by atoms with Crippen LogP contribution in [0, 0.1) is 4.77 Å². The summed E-state index contributed by atoms with van der Waals surface area (Å²) in [7, 11) is 0. The number of hydrogen-bond donors (Lipinski definition) is 2. The number of benzene rings is 1. The highest BCUT2D eigenvalue weighted by Gasteiger charge is 2.16. The minimum atomic E-state index is -3.15. The lowest BCUT2D eigenvalue weighted by atomic mass is 10.3. The number of imidazole rings is 1. The van der Waals surface area contributed by atoms with E-state index in [0.717, 1.165) is 12.1 Å². The maximum absolute atomic E-state index is 12.1. The Balaban J connectivity index is 2.51. The van der Waals surface area contributed by atoms with E-state index in [2.05, 4.69) is 19.4 Å². The molecule has 4 nitrogen and oxygen atoms in total. The lowest BCUT2D eigenvalue weighted by molar-refractivity contribution is -0.0690. The SMILES string of the molecule is FC(F)Oc1cc2[nH]c(=S)[nH]c2cc1OC(F)F. The number of rotatable bonds is 4. The second-order valence-corrected chi connectivity index (χ2v) is 3.59. The van der Waals surface area contributed by atoms with Gasteiger partial charge in [-0.3, -0.25) is 0 Å². The van der Waals surface area contributed by atoms with Crippen molar-refractivity contribution < 1.29 is 27.0 Å². The molecule has 1 aromatic carbocycles. The van der Waals surface area contributed by atoms with Crippen molar-refractivity contribution in [2.45, 2.75) is 13.2 Å². The Kier molecular flexibility index (Phi) is 3.41. The van der Waals surface area contributed by atoms with Gasteiger partial charge in [-0.2, -0.15) is 17.6 Å². The van der Waals surface area contributed by atoms with Gasteiger partial charge in [0.1, 0.15) is 0 Å². The molecule has 18 heavy (non-hydrogen) atoms. The van der Waals surface area contributed by atoms with Crippen LogP contribution in [-0.2, 0) is 0 Å². The Morgan fingerprint density at radius 1 is 0.889 bits per heavy atom. The van der Waals surface area contributed by atoms with Gasteiger partial charge in [-0.15, -0.1) is 0 Å². The zero-order valence-corrected chi connectivity index (χ0v) is 9.36. The molecule has 1 aromatic heterocycles. The fourth-order valence-corrected chi connectivity index (χ4v) is 1.64. The summed E-state index contributed by atoms with van der Waals surface area (Å²) in [5, 5.41) is 0. The van der Waals surface area contributed by atoms with Crippen molar-refractivity contribution in [3.8, 4) is 11.5 Å². The van der Waals surface area contributed by atoms with Gasteiger partial charge < -0.3 is 19.4 Å². The molecule has 0 aliphatic rings. The molecule has 2 rings (SSSR count). The third-order valence-electron chi connectivity index (χ3n) is 2.01. The quantitative estimate of drug-likeness (QED) is 0.667. The zero-order chi connectivity index (χ0) is 13.3. The van der Waals surface area contributed by atoms with Crippen molar-refractivity contribution in [3.05, 3.63) is 16.9 Å². The summed E-state index contributed by atoms with van der Waals surface area (Å²) in [5.74, 6) is -0.994. The van der Waals surface area contributed by atoms with E-state index in [1.165, 1.54) is 0 Å². The number of halogens is 4. The highest BCUT2D eigenvalue weighted by molar-refractivity contribution is 7.71. The third kappa shape index (κ3) is 2.73. The minimum absolute atomic E-state index is 0.224. The molecule has 2 N–H and O–H groups in total. The molecule has 0 saturated heterocycles. The molecule has 0 aliphatic carbocycles. The van der Waals surface area contributed by atoms with Crippen LogP contribution in [0.25, 0.3) is 11.0 Å². The molecule has 0 aliphatic heterocycles. The van der Waals surface area contributed by atoms with Crippen molar-refractivity contribution in [1.29, 1.82) is 0 Å². The van der Waals surface area contributed by atoms with E-state index in [1.807, 2.05) is 0 Å². The standard InChI is InChI=1S/C9H6F4N2O2S/c10-7(11)16-5-1-3-4(15-9(18)14-3)2-6(5)17-8(12)13/h1-2,7-8H,(H2,14,15,18). The summed E-state index contributed by atoms with van der Waals surface area (Å²) in [5.41, 5.74) is 0.689. The highest BCUT2D eigenvalue weighted by atomic mass is 32.1. The number of nitrogens with one attached hydrogen (secondary N) is 2. The first-order valence-corrected chi connectivity index (χ1v) is 5.02. The Hall–Kier alpha value is -1.77. The average Bonchev–Trinajstić information content (AvgIpc) is 2.56. The van der Waals surface area contributed by atoms with Crippen molar-refractivity contribution in [2.75, 3.05) is 0 Å². The fourth-order valence-electron chi connectivity index (χ4n) is 1.42. The Morgan fingerprint density at radius 3 is 1.61 bits per heavy atom. The number of alkyl halides is 4. The van der Waals surface area contributed by atoms with Crippen molar-refractivity contribution in [2.24, 2.45) is 0 Å². The highest BCUT2D eigenvalue weighted by Crippen LogP contribution is 2.33. The van der Waals surface area contributed by atoms with Crippen LogP contribution in [0.2, 0.25) is 0 Å². The Morgan fingerprint density at radius 2 is 1.28 bits per heavy atom. The molecule has 0 atom stereocenters. The summed E-state index contributed by atoms with van der Waals surface area (Å²) in [6.45, 7) is -6.30. The molecule has 0 radical (unpaired) electrons. The average molecular weight is 282 g/mol. The van der Waals surface area contributed by atoms with Gasteiger partial charge in [0.2, 0.25) is 0 Å². The number of hydrogen-bond acceptors (Lipinski definition) is 3. The number of ether oxygens (including phenoxy) is 2. The van der Waals surface area contributed by atoms with Gasteiger partial charge in [-0.05, 0) is 12.2 Å². The lowest BCUT2D eigenvalue weighted by Crippen LogP contribution is -2.07. The van der Waals surface area contributed by atoms with Crippen LogP contribution in [0.4, 0.5) is 17.6 Å². The van der Waals surface area contributed by atoms with Crippen LogP contribution in [-0.4, -0.2) is 23.2 Å². The van der Waals surface area contributed by atoms with Crippen molar-refractivity contribution in [3.63, 3.8) is 0 Å². The normalized spacial score (nSPS) is 11.4. The van der Waals surface area contributed by atoms with Gasteiger partial charge in [0.15, 0.2) is 16.3 Å². The summed E-state index contributed by atoms with van der Waals surface area (Å²) < 4.78 is 57.0. The van der Waals surface area contributed by atoms with E-state index in [-0.39, 0.29) is 4.77 Å². The molecule has 0 fully saturated rings. The van der Waals surface area contributed by atoms with E-state index < -0.39 is 24.7 Å². The van der Waals surface area contributed by atoms with Crippen LogP contribution in [0.5, 0.6) is 11.5 Å². The van der Waals surface area contributed by atoms with Gasteiger partial charge in [-0.1, -0.05) is 0 Å². The molecular formula is C9H6F4N2O2S. The molecule has 2 aromatic rings. The second kappa shape index (κ2) is 4.84. The molecule has 98 valence electrons. The van der Waals surface area contributed by atoms with Gasteiger partial charge in [0, 0.05) is 12.1 Å². The number of H-pyrrole nitrogens is 2. The van der Waals surface area contributed by atoms with Crippen LogP contribution < -0.4 is 9.47 Å². The van der Waals surface area contributed by atoms with Crippen LogP contribution in [0.1, 0.15) is 0 Å². The number of fused-ring (bicyclic) bond motifs is 1. The zero-order valence-electron chi connectivity index (χ0n) is 8.55. The molecule has 0 saturated carbocycles. The monoisotopic (exact) mass is 282 g/mol. The second-order valence-electron chi connectivity index (χ2n) is 3.18. The van der Waals surface area contributed by atoms with Gasteiger partial charge >= 0.3 is 13.2 Å². The van der Waals surface area contributed by atoms with E-state index in [9.17, 15) is 17.6 Å². The first kappa shape index (κ1) is 12.7. The van der Waals surface area contributed by atoms with Crippen LogP contribution in [0.3, 0.4) is 0 Å². The molecule has 0 bridgehead atoms.